The van der Waals surface area contributed by atoms with Gasteiger partial charge in [0.2, 0.25) is 0 Å². The van der Waals surface area contributed by atoms with Crippen molar-refractivity contribution in [3.05, 3.63) is 41.5 Å². The minimum atomic E-state index is -0.0494. The zero-order valence-corrected chi connectivity index (χ0v) is 9.57. The number of benzene rings is 1. The number of hydrogen-bond acceptors (Lipinski definition) is 2. The van der Waals surface area contributed by atoms with Gasteiger partial charge in [-0.15, -0.1) is 0 Å². The standard InChI is InChI=1S/C14H17NO/c1-14(15)8-6-13(7-9-14)12-4-2-11(10-16)3-5-12/h2-6,10H,7-9,15H2,1H3. The van der Waals surface area contributed by atoms with Gasteiger partial charge in [-0.1, -0.05) is 30.3 Å². The van der Waals surface area contributed by atoms with Crippen LogP contribution in [0.15, 0.2) is 30.3 Å². The van der Waals surface area contributed by atoms with Crippen LogP contribution in [0.3, 0.4) is 0 Å². The quantitative estimate of drug-likeness (QED) is 0.771. The van der Waals surface area contributed by atoms with E-state index in [1.54, 1.807) is 0 Å². The van der Waals surface area contributed by atoms with Crippen LogP contribution in [0.2, 0.25) is 0 Å². The summed E-state index contributed by atoms with van der Waals surface area (Å²) in [4.78, 5) is 10.5. The van der Waals surface area contributed by atoms with E-state index in [0.29, 0.717) is 0 Å². The van der Waals surface area contributed by atoms with Gasteiger partial charge in [-0.2, -0.15) is 0 Å². The summed E-state index contributed by atoms with van der Waals surface area (Å²) < 4.78 is 0. The van der Waals surface area contributed by atoms with Gasteiger partial charge in [-0.25, -0.2) is 0 Å². The monoisotopic (exact) mass is 215 g/mol. The van der Waals surface area contributed by atoms with Crippen LogP contribution in [0.25, 0.3) is 5.57 Å². The second kappa shape index (κ2) is 4.22. The van der Waals surface area contributed by atoms with Crippen molar-refractivity contribution in [2.75, 3.05) is 0 Å². The highest BCUT2D eigenvalue weighted by molar-refractivity contribution is 5.76. The Kier molecular flexibility index (Phi) is 2.92. The molecule has 0 radical (unpaired) electrons. The molecule has 84 valence electrons. The molecule has 0 spiro atoms. The van der Waals surface area contributed by atoms with Crippen LogP contribution >= 0.6 is 0 Å². The van der Waals surface area contributed by atoms with E-state index in [1.165, 1.54) is 11.1 Å². The molecule has 1 aromatic carbocycles. The number of carbonyl (C=O) groups excluding carboxylic acids is 1. The molecule has 1 aliphatic rings. The molecule has 0 saturated heterocycles. The maximum absolute atomic E-state index is 10.5. The molecule has 1 aliphatic carbocycles. The molecule has 0 aromatic heterocycles. The topological polar surface area (TPSA) is 43.1 Å². The molecule has 0 saturated carbocycles. The van der Waals surface area contributed by atoms with Gasteiger partial charge in [0.1, 0.15) is 6.29 Å². The van der Waals surface area contributed by atoms with E-state index in [1.807, 2.05) is 24.3 Å². The first-order valence-electron chi connectivity index (χ1n) is 5.64. The molecular weight excluding hydrogens is 198 g/mol. The van der Waals surface area contributed by atoms with Gasteiger partial charge >= 0.3 is 0 Å². The highest BCUT2D eigenvalue weighted by atomic mass is 16.1. The number of allylic oxidation sites excluding steroid dienone is 1. The summed E-state index contributed by atoms with van der Waals surface area (Å²) in [6.07, 6.45) is 6.06. The van der Waals surface area contributed by atoms with Crippen LogP contribution in [0.4, 0.5) is 0 Å². The minimum absolute atomic E-state index is 0.0494. The van der Waals surface area contributed by atoms with Crippen molar-refractivity contribution in [3.8, 4) is 0 Å². The normalized spacial score (nSPS) is 25.0. The van der Waals surface area contributed by atoms with E-state index in [0.717, 1.165) is 31.1 Å². The number of nitrogens with two attached hydrogens (primary N) is 1. The highest BCUT2D eigenvalue weighted by Crippen LogP contribution is 2.31. The summed E-state index contributed by atoms with van der Waals surface area (Å²) >= 11 is 0. The Balaban J connectivity index is 2.19. The third-order valence-corrected chi connectivity index (χ3v) is 3.20. The predicted octanol–water partition coefficient (Wildman–Crippen LogP) is 2.78. The second-order valence-electron chi connectivity index (χ2n) is 4.83. The zero-order valence-electron chi connectivity index (χ0n) is 9.57. The van der Waals surface area contributed by atoms with Gasteiger partial charge < -0.3 is 5.73 Å². The summed E-state index contributed by atoms with van der Waals surface area (Å²) in [5, 5.41) is 0. The molecule has 2 rings (SSSR count). The van der Waals surface area contributed by atoms with Crippen LogP contribution in [0.1, 0.15) is 42.1 Å². The fourth-order valence-corrected chi connectivity index (χ4v) is 2.02. The van der Waals surface area contributed by atoms with Crippen LogP contribution in [0.5, 0.6) is 0 Å². The average Bonchev–Trinajstić information content (AvgIpc) is 2.29. The van der Waals surface area contributed by atoms with E-state index < -0.39 is 0 Å². The van der Waals surface area contributed by atoms with Gasteiger partial charge in [0.15, 0.2) is 0 Å². The molecule has 1 atom stereocenters. The van der Waals surface area contributed by atoms with E-state index in [4.69, 9.17) is 5.73 Å². The Morgan fingerprint density at radius 1 is 1.31 bits per heavy atom. The minimum Gasteiger partial charge on any atom is -0.325 e. The summed E-state index contributed by atoms with van der Waals surface area (Å²) in [5.41, 5.74) is 9.31. The zero-order chi connectivity index (χ0) is 11.6. The molecule has 0 amide bonds. The Labute approximate surface area is 96.2 Å². The molecular formula is C14H17NO. The molecule has 2 nitrogen and oxygen atoms in total. The van der Waals surface area contributed by atoms with E-state index in [2.05, 4.69) is 13.0 Å². The summed E-state index contributed by atoms with van der Waals surface area (Å²) in [5.74, 6) is 0. The predicted molar refractivity (Wildman–Crippen MR) is 66.2 cm³/mol. The van der Waals surface area contributed by atoms with Crippen LogP contribution in [0, 0.1) is 0 Å². The summed E-state index contributed by atoms with van der Waals surface area (Å²) in [7, 11) is 0. The van der Waals surface area contributed by atoms with Crippen molar-refractivity contribution >= 4 is 11.9 Å². The smallest absolute Gasteiger partial charge is 0.150 e. The molecule has 0 bridgehead atoms. The number of carbonyl (C=O) groups is 1. The fourth-order valence-electron chi connectivity index (χ4n) is 2.02. The van der Waals surface area contributed by atoms with Crippen molar-refractivity contribution < 1.29 is 4.79 Å². The molecule has 1 aromatic rings. The van der Waals surface area contributed by atoms with E-state index in [9.17, 15) is 4.79 Å². The Bertz CT molecular complexity index is 415. The second-order valence-corrected chi connectivity index (χ2v) is 4.83. The van der Waals surface area contributed by atoms with Gasteiger partial charge in [0, 0.05) is 11.1 Å². The van der Waals surface area contributed by atoms with Crippen molar-refractivity contribution in [2.45, 2.75) is 31.7 Å². The number of rotatable bonds is 2. The summed E-state index contributed by atoms with van der Waals surface area (Å²) in [6, 6.07) is 7.74. The highest BCUT2D eigenvalue weighted by Gasteiger charge is 2.22. The molecule has 0 heterocycles. The van der Waals surface area contributed by atoms with Gasteiger partial charge in [-0.3, -0.25) is 4.79 Å². The van der Waals surface area contributed by atoms with Crippen molar-refractivity contribution in [1.29, 1.82) is 0 Å². The third kappa shape index (κ3) is 2.39. The van der Waals surface area contributed by atoms with Gasteiger partial charge in [0.05, 0.1) is 0 Å². The molecule has 2 N–H and O–H groups in total. The lowest BCUT2D eigenvalue weighted by atomic mass is 9.83. The largest absolute Gasteiger partial charge is 0.325 e. The van der Waals surface area contributed by atoms with Crippen molar-refractivity contribution in [1.82, 2.24) is 0 Å². The van der Waals surface area contributed by atoms with Crippen LogP contribution in [-0.2, 0) is 0 Å². The van der Waals surface area contributed by atoms with E-state index in [-0.39, 0.29) is 5.54 Å². The molecule has 0 aliphatic heterocycles. The Hall–Kier alpha value is -1.41. The molecule has 2 heteroatoms. The maximum Gasteiger partial charge on any atom is 0.150 e. The van der Waals surface area contributed by atoms with Crippen LogP contribution < -0.4 is 5.73 Å². The average molecular weight is 215 g/mol. The lowest BCUT2D eigenvalue weighted by Crippen LogP contribution is -2.36. The lowest BCUT2D eigenvalue weighted by molar-refractivity contribution is 0.112. The maximum atomic E-state index is 10.5. The third-order valence-electron chi connectivity index (χ3n) is 3.20. The number of aldehydes is 1. The Morgan fingerprint density at radius 3 is 2.50 bits per heavy atom. The first-order chi connectivity index (χ1) is 7.61. The van der Waals surface area contributed by atoms with Gasteiger partial charge in [0.25, 0.3) is 0 Å². The van der Waals surface area contributed by atoms with Crippen molar-refractivity contribution in [2.24, 2.45) is 5.73 Å². The van der Waals surface area contributed by atoms with Crippen LogP contribution in [-0.4, -0.2) is 11.8 Å². The Morgan fingerprint density at radius 2 is 2.00 bits per heavy atom. The molecule has 16 heavy (non-hydrogen) atoms. The van der Waals surface area contributed by atoms with Gasteiger partial charge in [-0.05, 0) is 37.3 Å². The fraction of sp³-hybridized carbons (Fsp3) is 0.357. The first kappa shape index (κ1) is 11.1. The molecule has 0 fully saturated rings. The lowest BCUT2D eigenvalue weighted by Gasteiger charge is -2.28. The van der Waals surface area contributed by atoms with E-state index >= 15 is 0 Å². The summed E-state index contributed by atoms with van der Waals surface area (Å²) in [6.45, 7) is 2.09. The van der Waals surface area contributed by atoms with Crippen molar-refractivity contribution in [3.63, 3.8) is 0 Å². The first-order valence-corrected chi connectivity index (χ1v) is 5.64. The SMILES string of the molecule is CC1(N)CC=C(c2ccc(C=O)cc2)CC1. The number of hydrogen-bond donors (Lipinski definition) is 1. The molecule has 1 unspecified atom stereocenters.